The maximum Gasteiger partial charge on any atom is 0.128 e. The van der Waals surface area contributed by atoms with Crippen LogP contribution in [0, 0.1) is 5.82 Å². The summed E-state index contributed by atoms with van der Waals surface area (Å²) < 4.78 is 13.0. The maximum absolute atomic E-state index is 13.0. The molecule has 1 saturated heterocycles. The third-order valence-corrected chi connectivity index (χ3v) is 7.06. The Bertz CT molecular complexity index is 1190. The Balaban J connectivity index is 0.000000165. The Morgan fingerprint density at radius 1 is 1.08 bits per heavy atom. The van der Waals surface area contributed by atoms with E-state index in [2.05, 4.69) is 54.7 Å². The highest BCUT2D eigenvalue weighted by molar-refractivity contribution is 5.66. The minimum absolute atomic E-state index is 0.174. The van der Waals surface area contributed by atoms with Crippen molar-refractivity contribution in [2.24, 2.45) is 11.6 Å². The Morgan fingerprint density at radius 3 is 2.31 bits per heavy atom. The van der Waals surface area contributed by atoms with Crippen molar-refractivity contribution in [2.75, 3.05) is 30.9 Å². The first-order valence-electron chi connectivity index (χ1n) is 13.4. The molecule has 5 rings (SSSR count). The fourth-order valence-electron chi connectivity index (χ4n) is 4.54. The number of nitrogens with zero attached hydrogens (tertiary/aromatic N) is 2. The van der Waals surface area contributed by atoms with Crippen molar-refractivity contribution in [1.29, 1.82) is 0 Å². The minimum Gasteiger partial charge on any atom is -0.397 e. The Morgan fingerprint density at radius 2 is 1.72 bits per heavy atom. The van der Waals surface area contributed by atoms with E-state index in [1.807, 2.05) is 36.4 Å². The molecule has 0 bridgehead atoms. The number of rotatable bonds is 8. The molecule has 0 radical (unpaired) electrons. The molecule has 3 aromatic carbocycles. The highest BCUT2D eigenvalue weighted by Crippen LogP contribution is 2.43. The molecule has 1 saturated carbocycles. The summed E-state index contributed by atoms with van der Waals surface area (Å²) in [6.07, 6.45) is 6.07. The lowest BCUT2D eigenvalue weighted by molar-refractivity contribution is 0.334. The van der Waals surface area contributed by atoms with Crippen molar-refractivity contribution >= 4 is 11.4 Å². The molecule has 1 unspecified atom stereocenters. The molecule has 7 N–H and O–H groups in total. The van der Waals surface area contributed by atoms with Crippen LogP contribution in [0.3, 0.4) is 0 Å². The third-order valence-electron chi connectivity index (χ3n) is 7.06. The average Bonchev–Trinajstić information content (AvgIpc) is 3.54. The highest BCUT2D eigenvalue weighted by atomic mass is 19.1. The van der Waals surface area contributed by atoms with Gasteiger partial charge in [0, 0.05) is 29.4 Å². The van der Waals surface area contributed by atoms with Gasteiger partial charge in [-0.15, -0.1) is 6.58 Å². The van der Waals surface area contributed by atoms with Gasteiger partial charge in [0.05, 0.1) is 17.9 Å². The molecule has 1 atom stereocenters. The van der Waals surface area contributed by atoms with E-state index in [9.17, 15) is 4.39 Å². The number of hydrogen-bond acceptors (Lipinski definition) is 6. The number of nitrogens with two attached hydrogens (primary N) is 3. The second-order valence-electron chi connectivity index (χ2n) is 10.1. The van der Waals surface area contributed by atoms with E-state index in [1.54, 1.807) is 23.2 Å². The van der Waals surface area contributed by atoms with Crippen LogP contribution in [0.4, 0.5) is 15.8 Å². The lowest BCUT2D eigenvalue weighted by atomic mass is 10.1. The number of benzene rings is 3. The molecule has 1 aliphatic carbocycles. The fraction of sp³-hybridized carbons (Fsp3) is 0.312. The first-order valence-corrected chi connectivity index (χ1v) is 13.4. The quantitative estimate of drug-likeness (QED) is 0.137. The Labute approximate surface area is 233 Å². The number of likely N-dealkylation sites (N-methyl/N-ethyl adjacent to an activating group) is 1. The number of likely N-dealkylation sites (tertiary alicyclic amines) is 1. The predicted molar refractivity (Wildman–Crippen MR) is 162 cm³/mol. The summed E-state index contributed by atoms with van der Waals surface area (Å²) in [7, 11) is 2.17. The SMILES string of the molecule is C=C(NCc1ccccc1)C1CCCN1C.C=CCN(N)c1ccccc1N.NC1(c2ccccc2F)CC1. The molecule has 0 amide bonds. The molecular weight excluding hydrogens is 487 g/mol. The summed E-state index contributed by atoms with van der Waals surface area (Å²) in [6.45, 7) is 10.4. The molecule has 0 spiro atoms. The molecule has 0 aromatic heterocycles. The standard InChI is InChI=1S/C14H20N2.C9H10FN.C9H13N3/c1-12(14-9-6-10-16(14)2)15-11-13-7-4-3-5-8-13;10-8-4-2-1-3-7(8)9(11)5-6-9;1-2-7-12(11)9-6-4-3-5-8(9)10/h3-5,7-8,14-15H,1,6,9-11H2,2H3;1-4H,5-6,11H2;2-6H,1,7,10-11H2. The number of anilines is 2. The third kappa shape index (κ3) is 8.96. The molecule has 1 aliphatic heterocycles. The molecule has 39 heavy (non-hydrogen) atoms. The summed E-state index contributed by atoms with van der Waals surface area (Å²) in [5.74, 6) is 5.51. The topological polar surface area (TPSA) is 96.6 Å². The average molecular weight is 531 g/mol. The van der Waals surface area contributed by atoms with E-state index in [4.69, 9.17) is 17.3 Å². The summed E-state index contributed by atoms with van der Waals surface area (Å²) >= 11 is 0. The number of hydrazine groups is 1. The first kappa shape index (κ1) is 29.9. The van der Waals surface area contributed by atoms with Crippen LogP contribution in [-0.4, -0.2) is 31.1 Å². The Hall–Kier alpha value is -3.65. The molecule has 208 valence electrons. The van der Waals surface area contributed by atoms with E-state index < -0.39 is 0 Å². The van der Waals surface area contributed by atoms with Gasteiger partial charge in [-0.2, -0.15) is 0 Å². The lowest BCUT2D eigenvalue weighted by Crippen LogP contribution is -2.32. The second kappa shape index (κ2) is 14.5. The summed E-state index contributed by atoms with van der Waals surface area (Å²) in [5.41, 5.74) is 15.8. The summed E-state index contributed by atoms with van der Waals surface area (Å²) in [4.78, 5) is 2.38. The van der Waals surface area contributed by atoms with Crippen molar-refractivity contribution in [3.8, 4) is 0 Å². The van der Waals surface area contributed by atoms with Crippen LogP contribution >= 0.6 is 0 Å². The minimum atomic E-state index is -0.342. The van der Waals surface area contributed by atoms with Crippen molar-refractivity contribution in [1.82, 2.24) is 10.2 Å². The van der Waals surface area contributed by atoms with Crippen molar-refractivity contribution in [3.05, 3.63) is 121 Å². The van der Waals surface area contributed by atoms with Crippen LogP contribution in [0.1, 0.15) is 36.8 Å². The zero-order valence-electron chi connectivity index (χ0n) is 23.0. The van der Waals surface area contributed by atoms with Gasteiger partial charge in [-0.3, -0.25) is 4.90 Å². The number of hydrogen-bond donors (Lipinski definition) is 4. The predicted octanol–water partition coefficient (Wildman–Crippen LogP) is 5.29. The summed E-state index contributed by atoms with van der Waals surface area (Å²) in [6, 6.07) is 25.2. The van der Waals surface area contributed by atoms with Crippen LogP contribution in [0.15, 0.2) is 104 Å². The molecule has 3 aromatic rings. The highest BCUT2D eigenvalue weighted by Gasteiger charge is 2.41. The van der Waals surface area contributed by atoms with Gasteiger partial charge in [-0.25, -0.2) is 10.2 Å². The largest absolute Gasteiger partial charge is 0.397 e. The molecule has 7 heteroatoms. The normalized spacial score (nSPS) is 17.1. The number of para-hydroxylation sites is 2. The number of nitrogens with one attached hydrogen (secondary N) is 1. The molecule has 6 nitrogen and oxygen atoms in total. The van der Waals surface area contributed by atoms with Crippen molar-refractivity contribution < 1.29 is 4.39 Å². The lowest BCUT2D eigenvalue weighted by Gasteiger charge is -2.22. The molecule has 2 aliphatic rings. The van der Waals surface area contributed by atoms with E-state index in [-0.39, 0.29) is 11.4 Å². The first-order chi connectivity index (χ1) is 18.7. The zero-order valence-corrected chi connectivity index (χ0v) is 23.0. The van der Waals surface area contributed by atoms with Gasteiger partial charge in [-0.05, 0) is 63.0 Å². The van der Waals surface area contributed by atoms with Gasteiger partial charge in [0.25, 0.3) is 0 Å². The van der Waals surface area contributed by atoms with Gasteiger partial charge in [0.15, 0.2) is 0 Å². The molecule has 1 heterocycles. The molecular formula is C32H43FN6. The Kier molecular flexibility index (Phi) is 11.1. The monoisotopic (exact) mass is 530 g/mol. The van der Waals surface area contributed by atoms with Gasteiger partial charge >= 0.3 is 0 Å². The number of halogens is 1. The zero-order chi connectivity index (χ0) is 28.3. The van der Waals surface area contributed by atoms with E-state index in [1.165, 1.54) is 31.0 Å². The van der Waals surface area contributed by atoms with Crippen molar-refractivity contribution in [3.63, 3.8) is 0 Å². The van der Waals surface area contributed by atoms with Gasteiger partial charge < -0.3 is 21.8 Å². The summed E-state index contributed by atoms with van der Waals surface area (Å²) in [5, 5.41) is 4.99. The van der Waals surface area contributed by atoms with Crippen LogP contribution < -0.4 is 27.6 Å². The molecule has 2 fully saturated rings. The van der Waals surface area contributed by atoms with Crippen LogP contribution in [0.2, 0.25) is 0 Å². The second-order valence-corrected chi connectivity index (χ2v) is 10.1. The van der Waals surface area contributed by atoms with Gasteiger partial charge in [-0.1, -0.05) is 73.3 Å². The van der Waals surface area contributed by atoms with E-state index in [0.29, 0.717) is 23.8 Å². The van der Waals surface area contributed by atoms with Crippen LogP contribution in [-0.2, 0) is 12.1 Å². The van der Waals surface area contributed by atoms with Crippen LogP contribution in [0.25, 0.3) is 0 Å². The fourth-order valence-corrected chi connectivity index (χ4v) is 4.54. The van der Waals surface area contributed by atoms with Gasteiger partial charge in [0.1, 0.15) is 5.82 Å². The van der Waals surface area contributed by atoms with Gasteiger partial charge in [0.2, 0.25) is 0 Å². The van der Waals surface area contributed by atoms with E-state index >= 15 is 0 Å². The van der Waals surface area contributed by atoms with E-state index in [0.717, 1.165) is 30.8 Å². The number of nitrogen functional groups attached to an aromatic ring is 1. The van der Waals surface area contributed by atoms with Crippen molar-refractivity contribution in [2.45, 2.75) is 43.8 Å². The smallest absolute Gasteiger partial charge is 0.128 e. The van der Waals surface area contributed by atoms with Crippen LogP contribution in [0.5, 0.6) is 0 Å². The maximum atomic E-state index is 13.0.